The molecule has 0 aliphatic rings. The van der Waals surface area contributed by atoms with Crippen LogP contribution in [0.15, 0.2) is 34.9 Å². The molecule has 1 unspecified atom stereocenters. The molecule has 0 spiro atoms. The van der Waals surface area contributed by atoms with E-state index in [1.165, 1.54) is 30.1 Å². The Bertz CT molecular complexity index is 383. The van der Waals surface area contributed by atoms with Crippen molar-refractivity contribution in [2.75, 3.05) is 0 Å². The fourth-order valence-electron chi connectivity index (χ4n) is 1.83. The van der Waals surface area contributed by atoms with Gasteiger partial charge in [-0.1, -0.05) is 36.6 Å². The molecule has 0 amide bonds. The van der Waals surface area contributed by atoms with Crippen LogP contribution in [0.3, 0.4) is 0 Å². The maximum Gasteiger partial charge on any atom is 0.0911 e. The van der Waals surface area contributed by atoms with Crippen LogP contribution in [0.4, 0.5) is 0 Å². The molecule has 0 saturated carbocycles. The molecule has 0 rings (SSSR count). The number of nitrogens with zero attached hydrogens (tertiary/aromatic N) is 1. The summed E-state index contributed by atoms with van der Waals surface area (Å²) < 4.78 is 0. The van der Waals surface area contributed by atoms with Crippen molar-refractivity contribution < 1.29 is 0 Å². The van der Waals surface area contributed by atoms with Crippen LogP contribution in [-0.2, 0) is 0 Å². The third kappa shape index (κ3) is 9.56. The maximum atomic E-state index is 8.57. The molecule has 19 heavy (non-hydrogen) atoms. The highest BCUT2D eigenvalue weighted by atomic mass is 35.5. The van der Waals surface area contributed by atoms with Crippen LogP contribution in [0.2, 0.25) is 0 Å². The molecule has 0 N–H and O–H groups in total. The number of rotatable bonds is 8. The predicted octanol–water partition coefficient (Wildman–Crippen LogP) is 5.93. The van der Waals surface area contributed by atoms with E-state index in [-0.39, 0.29) is 5.38 Å². The molecule has 106 valence electrons. The standard InChI is InChI=1S/C17H26ClN/c1-5-7-14(2)8-6-9-15(3)10-11-17(18)16(4)12-13-19/h8,10,12,17H,5-7,9,11H2,1-4H3/b14-8-,15-10-,16-12-. The molecular weight excluding hydrogens is 254 g/mol. The highest BCUT2D eigenvalue weighted by molar-refractivity contribution is 6.22. The quantitative estimate of drug-likeness (QED) is 0.307. The zero-order chi connectivity index (χ0) is 14.7. The summed E-state index contributed by atoms with van der Waals surface area (Å²) in [7, 11) is 0. The molecule has 0 aromatic rings. The van der Waals surface area contributed by atoms with Gasteiger partial charge in [0.1, 0.15) is 0 Å². The molecule has 0 radical (unpaired) electrons. The van der Waals surface area contributed by atoms with Gasteiger partial charge in [0.05, 0.1) is 11.4 Å². The van der Waals surface area contributed by atoms with Crippen molar-refractivity contribution in [2.24, 2.45) is 0 Å². The molecular formula is C17H26ClN. The number of halogens is 1. The van der Waals surface area contributed by atoms with Gasteiger partial charge in [0.2, 0.25) is 0 Å². The zero-order valence-corrected chi connectivity index (χ0v) is 13.4. The monoisotopic (exact) mass is 279 g/mol. The summed E-state index contributed by atoms with van der Waals surface area (Å²) in [6, 6.07) is 2.02. The Balaban J connectivity index is 4.12. The number of nitriles is 1. The fraction of sp³-hybridized carbons (Fsp3) is 0.588. The largest absolute Gasteiger partial charge is 0.193 e. The normalized spacial score (nSPS) is 15.3. The molecule has 0 saturated heterocycles. The van der Waals surface area contributed by atoms with Gasteiger partial charge in [-0.05, 0) is 52.0 Å². The minimum absolute atomic E-state index is 0.0630. The summed E-state index contributed by atoms with van der Waals surface area (Å²) in [6.07, 6.45) is 11.5. The first-order chi connectivity index (χ1) is 9.01. The Morgan fingerprint density at radius 3 is 2.37 bits per heavy atom. The zero-order valence-electron chi connectivity index (χ0n) is 12.7. The Kier molecular flexibility index (Phi) is 10.3. The van der Waals surface area contributed by atoms with Gasteiger partial charge in [0.25, 0.3) is 0 Å². The fourth-order valence-corrected chi connectivity index (χ4v) is 1.98. The molecule has 1 nitrogen and oxygen atoms in total. The minimum atomic E-state index is -0.0630. The number of allylic oxidation sites excluding steroid dienone is 6. The SMILES string of the molecule is CCC/C(C)=C\CC/C(C)=C\CC(Cl)/C(C)=C\C#N. The van der Waals surface area contributed by atoms with E-state index in [1.807, 2.05) is 13.0 Å². The average molecular weight is 280 g/mol. The molecule has 0 aliphatic carbocycles. The van der Waals surface area contributed by atoms with Gasteiger partial charge in [-0.2, -0.15) is 5.26 Å². The van der Waals surface area contributed by atoms with E-state index in [9.17, 15) is 0 Å². The number of hydrogen-bond acceptors (Lipinski definition) is 1. The summed E-state index contributed by atoms with van der Waals surface area (Å²) in [5.41, 5.74) is 3.79. The molecule has 2 heteroatoms. The molecule has 1 atom stereocenters. The first-order valence-electron chi connectivity index (χ1n) is 7.02. The van der Waals surface area contributed by atoms with E-state index < -0.39 is 0 Å². The van der Waals surface area contributed by atoms with E-state index in [1.54, 1.807) is 0 Å². The first-order valence-corrected chi connectivity index (χ1v) is 7.46. The van der Waals surface area contributed by atoms with Crippen LogP contribution in [0, 0.1) is 11.3 Å². The van der Waals surface area contributed by atoms with Crippen molar-refractivity contribution in [1.29, 1.82) is 5.26 Å². The van der Waals surface area contributed by atoms with Crippen molar-refractivity contribution in [3.05, 3.63) is 34.9 Å². The molecule has 0 aliphatic heterocycles. The van der Waals surface area contributed by atoms with Crippen molar-refractivity contribution in [1.82, 2.24) is 0 Å². The molecule has 0 aromatic carbocycles. The van der Waals surface area contributed by atoms with Gasteiger partial charge in [0, 0.05) is 6.08 Å². The summed E-state index contributed by atoms with van der Waals surface area (Å²) in [5.74, 6) is 0. The van der Waals surface area contributed by atoms with Crippen LogP contribution in [0.1, 0.15) is 59.8 Å². The summed E-state index contributed by atoms with van der Waals surface area (Å²) >= 11 is 6.20. The van der Waals surface area contributed by atoms with Gasteiger partial charge < -0.3 is 0 Å². The summed E-state index contributed by atoms with van der Waals surface area (Å²) in [6.45, 7) is 8.46. The Morgan fingerprint density at radius 1 is 1.16 bits per heavy atom. The molecule has 0 heterocycles. The van der Waals surface area contributed by atoms with Crippen LogP contribution >= 0.6 is 11.6 Å². The van der Waals surface area contributed by atoms with E-state index >= 15 is 0 Å². The van der Waals surface area contributed by atoms with Gasteiger partial charge in [-0.3, -0.25) is 0 Å². The van der Waals surface area contributed by atoms with E-state index in [0.717, 1.165) is 24.8 Å². The predicted molar refractivity (Wildman–Crippen MR) is 85.3 cm³/mol. The highest BCUT2D eigenvalue weighted by Gasteiger charge is 2.04. The average Bonchev–Trinajstić information content (AvgIpc) is 2.36. The Hall–Kier alpha value is -1.00. The number of hydrogen-bond donors (Lipinski definition) is 0. The van der Waals surface area contributed by atoms with Crippen molar-refractivity contribution in [3.63, 3.8) is 0 Å². The topological polar surface area (TPSA) is 23.8 Å². The lowest BCUT2D eigenvalue weighted by Crippen LogP contribution is -1.98. The van der Waals surface area contributed by atoms with Crippen LogP contribution in [0.5, 0.6) is 0 Å². The van der Waals surface area contributed by atoms with Crippen molar-refractivity contribution >= 4 is 11.6 Å². The van der Waals surface area contributed by atoms with Gasteiger partial charge in [-0.15, -0.1) is 11.6 Å². The lowest BCUT2D eigenvalue weighted by atomic mass is 10.0. The molecule has 0 aromatic heterocycles. The third-order valence-corrected chi connectivity index (χ3v) is 3.66. The minimum Gasteiger partial charge on any atom is -0.193 e. The first kappa shape index (κ1) is 18.0. The lowest BCUT2D eigenvalue weighted by molar-refractivity contribution is 0.876. The second-order valence-corrected chi connectivity index (χ2v) is 5.64. The van der Waals surface area contributed by atoms with Gasteiger partial charge in [-0.25, -0.2) is 0 Å². The summed E-state index contributed by atoms with van der Waals surface area (Å²) in [5, 5.41) is 8.50. The lowest BCUT2D eigenvalue weighted by Gasteiger charge is -2.07. The Labute approximate surface area is 123 Å². The molecule has 0 bridgehead atoms. The van der Waals surface area contributed by atoms with Gasteiger partial charge >= 0.3 is 0 Å². The maximum absolute atomic E-state index is 8.57. The summed E-state index contributed by atoms with van der Waals surface area (Å²) in [4.78, 5) is 0. The van der Waals surface area contributed by atoms with Crippen molar-refractivity contribution in [3.8, 4) is 6.07 Å². The third-order valence-electron chi connectivity index (χ3n) is 3.14. The van der Waals surface area contributed by atoms with Crippen LogP contribution in [0.25, 0.3) is 0 Å². The Morgan fingerprint density at radius 2 is 1.79 bits per heavy atom. The van der Waals surface area contributed by atoms with E-state index in [4.69, 9.17) is 16.9 Å². The second kappa shape index (κ2) is 10.9. The smallest absolute Gasteiger partial charge is 0.0911 e. The number of alkyl halides is 1. The van der Waals surface area contributed by atoms with Crippen LogP contribution in [-0.4, -0.2) is 5.38 Å². The highest BCUT2D eigenvalue weighted by Crippen LogP contribution is 2.16. The van der Waals surface area contributed by atoms with E-state index in [2.05, 4.69) is 32.9 Å². The van der Waals surface area contributed by atoms with Gasteiger partial charge in [0.15, 0.2) is 0 Å². The van der Waals surface area contributed by atoms with E-state index in [0.29, 0.717) is 0 Å². The van der Waals surface area contributed by atoms with Crippen molar-refractivity contribution in [2.45, 2.75) is 65.2 Å². The molecule has 0 fully saturated rings. The second-order valence-electron chi connectivity index (χ2n) is 5.11. The van der Waals surface area contributed by atoms with Crippen LogP contribution < -0.4 is 0 Å².